The van der Waals surface area contributed by atoms with Gasteiger partial charge in [0.25, 0.3) is 5.91 Å². The third-order valence-corrected chi connectivity index (χ3v) is 6.41. The summed E-state index contributed by atoms with van der Waals surface area (Å²) in [5, 5.41) is 2.74. The van der Waals surface area contributed by atoms with E-state index in [0.717, 1.165) is 18.6 Å². The van der Waals surface area contributed by atoms with Crippen LogP contribution in [0.3, 0.4) is 0 Å². The van der Waals surface area contributed by atoms with E-state index in [1.54, 1.807) is 43.5 Å². The summed E-state index contributed by atoms with van der Waals surface area (Å²) in [6, 6.07) is 13.3. The molecule has 3 rings (SSSR count). The van der Waals surface area contributed by atoms with E-state index >= 15 is 0 Å². The molecule has 1 saturated heterocycles. The van der Waals surface area contributed by atoms with E-state index in [1.165, 1.54) is 16.4 Å². The van der Waals surface area contributed by atoms with Gasteiger partial charge in [-0.25, -0.2) is 8.42 Å². The van der Waals surface area contributed by atoms with Crippen LogP contribution in [0.5, 0.6) is 11.5 Å². The molecule has 0 unspecified atom stereocenters. The predicted molar refractivity (Wildman–Crippen MR) is 105 cm³/mol. The quantitative estimate of drug-likeness (QED) is 0.683. The van der Waals surface area contributed by atoms with Gasteiger partial charge < -0.3 is 14.8 Å². The van der Waals surface area contributed by atoms with Crippen LogP contribution in [0.25, 0.3) is 0 Å². The third kappa shape index (κ3) is 4.82. The van der Waals surface area contributed by atoms with E-state index in [0.29, 0.717) is 37.6 Å². The summed E-state index contributed by atoms with van der Waals surface area (Å²) in [4.78, 5) is 12.5. The van der Waals surface area contributed by atoms with Gasteiger partial charge in [-0.05, 0) is 55.3 Å². The zero-order chi connectivity index (χ0) is 20.0. The minimum Gasteiger partial charge on any atom is -0.497 e. The van der Waals surface area contributed by atoms with Crippen LogP contribution in [-0.4, -0.2) is 52.0 Å². The lowest BCUT2D eigenvalue weighted by Gasteiger charge is -2.16. The van der Waals surface area contributed by atoms with Crippen LogP contribution in [0, 0.1) is 0 Å². The Hall–Kier alpha value is -2.58. The molecule has 1 N–H and O–H groups in total. The van der Waals surface area contributed by atoms with Crippen molar-refractivity contribution < 1.29 is 22.7 Å². The number of amides is 1. The molecule has 0 bridgehead atoms. The second-order valence-corrected chi connectivity index (χ2v) is 8.36. The fraction of sp³-hybridized carbons (Fsp3) is 0.350. The zero-order valence-electron chi connectivity index (χ0n) is 15.8. The van der Waals surface area contributed by atoms with Gasteiger partial charge in [0.2, 0.25) is 10.0 Å². The van der Waals surface area contributed by atoms with Crippen LogP contribution < -0.4 is 14.8 Å². The minimum atomic E-state index is -3.54. The molecule has 1 aliphatic rings. The summed E-state index contributed by atoms with van der Waals surface area (Å²) in [7, 11) is -1.95. The first-order valence-corrected chi connectivity index (χ1v) is 10.6. The Morgan fingerprint density at radius 2 is 1.75 bits per heavy atom. The summed E-state index contributed by atoms with van der Waals surface area (Å²) >= 11 is 0. The van der Waals surface area contributed by atoms with Crippen LogP contribution >= 0.6 is 0 Å². The second kappa shape index (κ2) is 9.07. The van der Waals surface area contributed by atoms with Gasteiger partial charge >= 0.3 is 0 Å². The van der Waals surface area contributed by atoms with E-state index in [2.05, 4.69) is 5.32 Å². The molecule has 1 amide bonds. The molecule has 0 radical (unpaired) electrons. The molecule has 2 aromatic carbocycles. The number of rotatable bonds is 8. The largest absolute Gasteiger partial charge is 0.497 e. The van der Waals surface area contributed by atoms with Crippen molar-refractivity contribution in [1.29, 1.82) is 0 Å². The van der Waals surface area contributed by atoms with Gasteiger partial charge in [-0.3, -0.25) is 4.79 Å². The molecule has 0 aromatic heterocycles. The Morgan fingerprint density at radius 1 is 1.07 bits per heavy atom. The van der Waals surface area contributed by atoms with Crippen molar-refractivity contribution in [3.8, 4) is 11.5 Å². The smallest absolute Gasteiger partial charge is 0.251 e. The Morgan fingerprint density at radius 3 is 2.43 bits per heavy atom. The number of carbonyl (C=O) groups is 1. The maximum Gasteiger partial charge on any atom is 0.251 e. The predicted octanol–water partition coefficient (Wildman–Crippen LogP) is 2.29. The van der Waals surface area contributed by atoms with Gasteiger partial charge in [0, 0.05) is 18.7 Å². The van der Waals surface area contributed by atoms with Gasteiger partial charge in [-0.1, -0.05) is 6.07 Å². The number of sulfonamides is 1. The van der Waals surface area contributed by atoms with Crippen LogP contribution in [-0.2, 0) is 10.0 Å². The van der Waals surface area contributed by atoms with Crippen LogP contribution in [0.15, 0.2) is 53.4 Å². The summed E-state index contributed by atoms with van der Waals surface area (Å²) in [5.41, 5.74) is 0.310. The van der Waals surface area contributed by atoms with Crippen molar-refractivity contribution in [1.82, 2.24) is 9.62 Å². The number of ether oxygens (including phenoxy) is 2. The molecule has 0 aliphatic carbocycles. The molecule has 1 aliphatic heterocycles. The molecule has 150 valence electrons. The average Bonchev–Trinajstić information content (AvgIpc) is 3.27. The lowest BCUT2D eigenvalue weighted by Crippen LogP contribution is -2.29. The first kappa shape index (κ1) is 20.2. The van der Waals surface area contributed by atoms with Crippen LogP contribution in [0.4, 0.5) is 0 Å². The second-order valence-electron chi connectivity index (χ2n) is 6.42. The summed E-state index contributed by atoms with van der Waals surface area (Å²) in [5.74, 6) is 1.08. The van der Waals surface area contributed by atoms with Crippen LogP contribution in [0.1, 0.15) is 23.2 Å². The summed E-state index contributed by atoms with van der Waals surface area (Å²) in [6.45, 7) is 1.65. The first-order chi connectivity index (χ1) is 13.5. The third-order valence-electron chi connectivity index (χ3n) is 4.51. The molecular formula is C20H24N2O5S. The van der Waals surface area contributed by atoms with Crippen molar-refractivity contribution in [2.45, 2.75) is 17.7 Å². The highest BCUT2D eigenvalue weighted by molar-refractivity contribution is 7.89. The van der Waals surface area contributed by atoms with Gasteiger partial charge in [0.05, 0.1) is 18.6 Å². The van der Waals surface area contributed by atoms with E-state index in [1.807, 2.05) is 0 Å². The molecule has 2 aromatic rings. The standard InChI is InChI=1S/C20H24N2O5S/c1-26-17-7-9-18(10-8-17)27-14-11-21-20(23)16-5-4-6-19(15-16)28(24,25)22-12-2-3-13-22/h4-10,15H,2-3,11-14H2,1H3,(H,21,23). The Kier molecular flexibility index (Phi) is 6.53. The van der Waals surface area contributed by atoms with Crippen molar-refractivity contribution in [2.24, 2.45) is 0 Å². The number of nitrogens with one attached hydrogen (secondary N) is 1. The highest BCUT2D eigenvalue weighted by Gasteiger charge is 2.27. The lowest BCUT2D eigenvalue weighted by molar-refractivity contribution is 0.0947. The van der Waals surface area contributed by atoms with Crippen LogP contribution in [0.2, 0.25) is 0 Å². The monoisotopic (exact) mass is 404 g/mol. The number of hydrogen-bond donors (Lipinski definition) is 1. The molecule has 1 fully saturated rings. The highest BCUT2D eigenvalue weighted by atomic mass is 32.2. The number of carbonyl (C=O) groups excluding carboxylic acids is 1. The minimum absolute atomic E-state index is 0.150. The maximum atomic E-state index is 12.6. The van der Waals surface area contributed by atoms with E-state index in [9.17, 15) is 13.2 Å². The van der Waals surface area contributed by atoms with Crippen molar-refractivity contribution in [2.75, 3.05) is 33.4 Å². The number of hydrogen-bond acceptors (Lipinski definition) is 5. The Balaban J connectivity index is 1.54. The number of benzene rings is 2. The van der Waals surface area contributed by atoms with Crippen molar-refractivity contribution in [3.05, 3.63) is 54.1 Å². The van der Waals surface area contributed by atoms with Gasteiger partial charge in [-0.2, -0.15) is 4.31 Å². The van der Waals surface area contributed by atoms with E-state index in [4.69, 9.17) is 9.47 Å². The molecule has 0 atom stereocenters. The highest BCUT2D eigenvalue weighted by Crippen LogP contribution is 2.21. The molecule has 1 heterocycles. The molecule has 0 spiro atoms. The zero-order valence-corrected chi connectivity index (χ0v) is 16.6. The van der Waals surface area contributed by atoms with Gasteiger partial charge in [0.1, 0.15) is 18.1 Å². The van der Waals surface area contributed by atoms with E-state index in [-0.39, 0.29) is 10.8 Å². The summed E-state index contributed by atoms with van der Waals surface area (Å²) in [6.07, 6.45) is 1.74. The van der Waals surface area contributed by atoms with Gasteiger partial charge in [0.15, 0.2) is 0 Å². The molecule has 28 heavy (non-hydrogen) atoms. The van der Waals surface area contributed by atoms with Crippen molar-refractivity contribution >= 4 is 15.9 Å². The molecule has 0 saturated carbocycles. The molecule has 7 nitrogen and oxygen atoms in total. The fourth-order valence-electron chi connectivity index (χ4n) is 2.98. The topological polar surface area (TPSA) is 84.9 Å². The molecular weight excluding hydrogens is 380 g/mol. The maximum absolute atomic E-state index is 12.6. The molecule has 8 heteroatoms. The number of nitrogens with zero attached hydrogens (tertiary/aromatic N) is 1. The van der Waals surface area contributed by atoms with Crippen molar-refractivity contribution in [3.63, 3.8) is 0 Å². The average molecular weight is 404 g/mol. The Labute approximate surface area is 165 Å². The lowest BCUT2D eigenvalue weighted by atomic mass is 10.2. The first-order valence-electron chi connectivity index (χ1n) is 9.16. The van der Waals surface area contributed by atoms with E-state index < -0.39 is 10.0 Å². The van der Waals surface area contributed by atoms with Gasteiger partial charge in [-0.15, -0.1) is 0 Å². The summed E-state index contributed by atoms with van der Waals surface area (Å²) < 4.78 is 37.4. The number of methoxy groups -OCH3 is 1. The Bertz CT molecular complexity index is 906. The fourth-order valence-corrected chi connectivity index (χ4v) is 4.55. The SMILES string of the molecule is COc1ccc(OCCNC(=O)c2cccc(S(=O)(=O)N3CCCC3)c2)cc1. The normalized spacial score (nSPS) is 14.6.